The van der Waals surface area contributed by atoms with Crippen LogP contribution in [0.1, 0.15) is 38.8 Å². The SMILES string of the molecule is C=CCN(Cc1ccccc1CCNCC(C)C)C(C)C. The summed E-state index contributed by atoms with van der Waals surface area (Å²) >= 11 is 0. The van der Waals surface area contributed by atoms with Gasteiger partial charge < -0.3 is 5.32 Å². The van der Waals surface area contributed by atoms with Crippen LogP contribution in [0.15, 0.2) is 36.9 Å². The second-order valence-electron chi connectivity index (χ2n) is 6.43. The van der Waals surface area contributed by atoms with Crippen LogP contribution in [-0.4, -0.2) is 30.6 Å². The van der Waals surface area contributed by atoms with Crippen molar-refractivity contribution in [2.24, 2.45) is 5.92 Å². The van der Waals surface area contributed by atoms with Crippen LogP contribution in [0, 0.1) is 5.92 Å². The Bertz CT molecular complexity index is 410. The van der Waals surface area contributed by atoms with E-state index in [4.69, 9.17) is 0 Å². The number of hydrogen-bond donors (Lipinski definition) is 1. The average molecular weight is 288 g/mol. The molecule has 1 N–H and O–H groups in total. The van der Waals surface area contributed by atoms with E-state index in [1.165, 1.54) is 11.1 Å². The zero-order valence-corrected chi connectivity index (χ0v) is 14.2. The monoisotopic (exact) mass is 288 g/mol. The van der Waals surface area contributed by atoms with Crippen molar-refractivity contribution >= 4 is 0 Å². The smallest absolute Gasteiger partial charge is 0.0242 e. The molecule has 0 heterocycles. The Balaban J connectivity index is 2.63. The quantitative estimate of drug-likeness (QED) is 0.519. The number of hydrogen-bond acceptors (Lipinski definition) is 2. The first-order chi connectivity index (χ1) is 10.0. The molecule has 2 nitrogen and oxygen atoms in total. The van der Waals surface area contributed by atoms with E-state index in [0.29, 0.717) is 12.0 Å². The van der Waals surface area contributed by atoms with Gasteiger partial charge in [0.1, 0.15) is 0 Å². The molecule has 0 aromatic heterocycles. The minimum absolute atomic E-state index is 0.537. The van der Waals surface area contributed by atoms with Crippen LogP contribution in [0.4, 0.5) is 0 Å². The molecular formula is C19H32N2. The highest BCUT2D eigenvalue weighted by molar-refractivity contribution is 5.27. The molecule has 0 saturated carbocycles. The fraction of sp³-hybridized carbons (Fsp3) is 0.579. The zero-order valence-electron chi connectivity index (χ0n) is 14.2. The van der Waals surface area contributed by atoms with Crippen molar-refractivity contribution in [3.05, 3.63) is 48.0 Å². The first-order valence-electron chi connectivity index (χ1n) is 8.17. The second-order valence-corrected chi connectivity index (χ2v) is 6.43. The summed E-state index contributed by atoms with van der Waals surface area (Å²) in [6.45, 7) is 17.0. The number of benzene rings is 1. The van der Waals surface area contributed by atoms with E-state index in [2.05, 4.69) is 68.8 Å². The van der Waals surface area contributed by atoms with Crippen molar-refractivity contribution in [3.8, 4) is 0 Å². The highest BCUT2D eigenvalue weighted by Crippen LogP contribution is 2.14. The molecule has 1 rings (SSSR count). The lowest BCUT2D eigenvalue weighted by atomic mass is 10.0. The largest absolute Gasteiger partial charge is 0.316 e. The predicted molar refractivity (Wildman–Crippen MR) is 93.6 cm³/mol. The lowest BCUT2D eigenvalue weighted by molar-refractivity contribution is 0.237. The van der Waals surface area contributed by atoms with E-state index < -0.39 is 0 Å². The van der Waals surface area contributed by atoms with E-state index in [1.807, 2.05) is 6.08 Å². The molecule has 0 spiro atoms. The van der Waals surface area contributed by atoms with Gasteiger partial charge in [-0.05, 0) is 50.4 Å². The molecule has 0 radical (unpaired) electrons. The van der Waals surface area contributed by atoms with Gasteiger partial charge in [0.25, 0.3) is 0 Å². The van der Waals surface area contributed by atoms with E-state index in [0.717, 1.165) is 32.6 Å². The second kappa shape index (κ2) is 9.75. The highest BCUT2D eigenvalue weighted by atomic mass is 15.1. The molecule has 1 aromatic rings. The molecule has 118 valence electrons. The van der Waals surface area contributed by atoms with Gasteiger partial charge in [0.05, 0.1) is 0 Å². The summed E-state index contributed by atoms with van der Waals surface area (Å²) < 4.78 is 0. The van der Waals surface area contributed by atoms with Crippen molar-refractivity contribution in [1.82, 2.24) is 10.2 Å². The number of nitrogens with zero attached hydrogens (tertiary/aromatic N) is 1. The van der Waals surface area contributed by atoms with E-state index >= 15 is 0 Å². The standard InChI is InChI=1S/C19H32N2/c1-6-13-21(17(4)5)15-19-10-8-7-9-18(19)11-12-20-14-16(2)3/h6-10,16-17,20H,1,11-15H2,2-5H3. The first kappa shape index (κ1) is 17.9. The third-order valence-corrected chi connectivity index (χ3v) is 3.71. The predicted octanol–water partition coefficient (Wildman–Crippen LogP) is 3.87. The van der Waals surface area contributed by atoms with Crippen LogP contribution >= 0.6 is 0 Å². The minimum Gasteiger partial charge on any atom is -0.316 e. The molecule has 0 bridgehead atoms. The summed E-state index contributed by atoms with van der Waals surface area (Å²) in [7, 11) is 0. The molecule has 0 unspecified atom stereocenters. The van der Waals surface area contributed by atoms with Gasteiger partial charge >= 0.3 is 0 Å². The summed E-state index contributed by atoms with van der Waals surface area (Å²) in [5.74, 6) is 0.712. The summed E-state index contributed by atoms with van der Waals surface area (Å²) in [5, 5.41) is 3.53. The number of rotatable bonds is 10. The van der Waals surface area contributed by atoms with Gasteiger partial charge in [0.2, 0.25) is 0 Å². The van der Waals surface area contributed by atoms with Crippen LogP contribution < -0.4 is 5.32 Å². The normalized spacial score (nSPS) is 11.6. The Labute approximate surface area is 131 Å². The van der Waals surface area contributed by atoms with Gasteiger partial charge in [-0.1, -0.05) is 44.2 Å². The molecule has 0 aliphatic carbocycles. The van der Waals surface area contributed by atoms with Crippen LogP contribution in [-0.2, 0) is 13.0 Å². The van der Waals surface area contributed by atoms with Crippen molar-refractivity contribution in [2.45, 2.75) is 46.7 Å². The van der Waals surface area contributed by atoms with Gasteiger partial charge in [-0.15, -0.1) is 6.58 Å². The summed E-state index contributed by atoms with van der Waals surface area (Å²) in [6.07, 6.45) is 3.09. The Morgan fingerprint density at radius 2 is 1.81 bits per heavy atom. The Morgan fingerprint density at radius 1 is 1.14 bits per heavy atom. The molecule has 0 amide bonds. The zero-order chi connectivity index (χ0) is 15.7. The highest BCUT2D eigenvalue weighted by Gasteiger charge is 2.10. The maximum atomic E-state index is 3.87. The maximum absolute atomic E-state index is 3.87. The van der Waals surface area contributed by atoms with Crippen LogP contribution in [0.5, 0.6) is 0 Å². The average Bonchev–Trinajstić information content (AvgIpc) is 2.44. The molecule has 0 saturated heterocycles. The fourth-order valence-corrected chi connectivity index (χ4v) is 2.41. The van der Waals surface area contributed by atoms with Crippen molar-refractivity contribution in [1.29, 1.82) is 0 Å². The Morgan fingerprint density at radius 3 is 2.38 bits per heavy atom. The molecule has 0 atom stereocenters. The minimum atomic E-state index is 0.537. The van der Waals surface area contributed by atoms with Gasteiger partial charge in [-0.3, -0.25) is 4.90 Å². The van der Waals surface area contributed by atoms with E-state index in [1.54, 1.807) is 0 Å². The molecule has 0 fully saturated rings. The van der Waals surface area contributed by atoms with E-state index in [-0.39, 0.29) is 0 Å². The van der Waals surface area contributed by atoms with Crippen molar-refractivity contribution < 1.29 is 0 Å². The Kier molecular flexibility index (Phi) is 8.33. The van der Waals surface area contributed by atoms with Crippen molar-refractivity contribution in [3.63, 3.8) is 0 Å². The van der Waals surface area contributed by atoms with Gasteiger partial charge in [-0.25, -0.2) is 0 Å². The molecule has 2 heteroatoms. The van der Waals surface area contributed by atoms with Crippen molar-refractivity contribution in [2.75, 3.05) is 19.6 Å². The topological polar surface area (TPSA) is 15.3 Å². The van der Waals surface area contributed by atoms with E-state index in [9.17, 15) is 0 Å². The Hall–Kier alpha value is -1.12. The molecular weight excluding hydrogens is 256 g/mol. The molecule has 1 aromatic carbocycles. The maximum Gasteiger partial charge on any atom is 0.0242 e. The summed E-state index contributed by atoms with van der Waals surface area (Å²) in [6, 6.07) is 9.35. The summed E-state index contributed by atoms with van der Waals surface area (Å²) in [5.41, 5.74) is 2.91. The van der Waals surface area contributed by atoms with Crippen LogP contribution in [0.2, 0.25) is 0 Å². The molecule has 0 aliphatic heterocycles. The lowest BCUT2D eigenvalue weighted by Crippen LogP contribution is -2.31. The number of nitrogens with one attached hydrogen (secondary N) is 1. The fourth-order valence-electron chi connectivity index (χ4n) is 2.41. The summed E-state index contributed by atoms with van der Waals surface area (Å²) in [4.78, 5) is 2.45. The third-order valence-electron chi connectivity index (χ3n) is 3.71. The van der Waals surface area contributed by atoms with Crippen LogP contribution in [0.3, 0.4) is 0 Å². The lowest BCUT2D eigenvalue weighted by Gasteiger charge is -2.26. The van der Waals surface area contributed by atoms with Crippen LogP contribution in [0.25, 0.3) is 0 Å². The third kappa shape index (κ3) is 6.92. The van der Waals surface area contributed by atoms with Gasteiger partial charge in [-0.2, -0.15) is 0 Å². The molecule has 21 heavy (non-hydrogen) atoms. The van der Waals surface area contributed by atoms with Gasteiger partial charge in [0.15, 0.2) is 0 Å². The van der Waals surface area contributed by atoms with Gasteiger partial charge in [0, 0.05) is 19.1 Å². The molecule has 0 aliphatic rings. The first-order valence-corrected chi connectivity index (χ1v) is 8.17.